The molecule has 1 aromatic heterocycles. The van der Waals surface area contributed by atoms with Gasteiger partial charge in [-0.2, -0.15) is 0 Å². The molecule has 0 bridgehead atoms. The number of H-pyrrole nitrogens is 1. The molecule has 0 spiro atoms. The first-order chi connectivity index (χ1) is 19.5. The Bertz CT molecular complexity index is 1440. The fourth-order valence-electron chi connectivity index (χ4n) is 3.56. The molecule has 41 heavy (non-hydrogen) atoms. The van der Waals surface area contributed by atoms with Crippen LogP contribution in [0.4, 0.5) is 10.5 Å². The minimum absolute atomic E-state index is 0.0682. The molecule has 1 aromatic carbocycles. The number of rotatable bonds is 10. The van der Waals surface area contributed by atoms with Crippen molar-refractivity contribution in [1.29, 1.82) is 0 Å². The second-order valence-electron chi connectivity index (χ2n) is 8.88. The Morgan fingerprint density at radius 2 is 1.90 bits per heavy atom. The van der Waals surface area contributed by atoms with E-state index in [4.69, 9.17) is 15.6 Å². The monoisotopic (exact) mass is 566 g/mol. The topological polar surface area (TPSA) is 206 Å². The van der Waals surface area contributed by atoms with Crippen LogP contribution < -0.4 is 11.1 Å². The summed E-state index contributed by atoms with van der Waals surface area (Å²) in [5.41, 5.74) is 8.15. The first kappa shape index (κ1) is 30.3. The van der Waals surface area contributed by atoms with Crippen molar-refractivity contribution in [2.24, 2.45) is 15.7 Å². The number of aliphatic carboxylic acids is 1. The first-order valence-electron chi connectivity index (χ1n) is 12.5. The molecular formula is C27H30N6O8. The minimum Gasteiger partial charge on any atom is -0.478 e. The van der Waals surface area contributed by atoms with Gasteiger partial charge >= 0.3 is 18.0 Å². The fraction of sp³-hybridized carbons (Fsp3) is 0.296. The molecule has 5 N–H and O–H groups in total. The minimum atomic E-state index is -1.35. The number of carboxylic acid groups (broad SMARTS) is 1. The number of aromatic nitrogens is 1. The molecule has 0 aliphatic heterocycles. The van der Waals surface area contributed by atoms with Gasteiger partial charge in [0.15, 0.2) is 5.84 Å². The van der Waals surface area contributed by atoms with Crippen molar-refractivity contribution in [3.8, 4) is 0 Å². The highest BCUT2D eigenvalue weighted by Gasteiger charge is 2.27. The Morgan fingerprint density at radius 3 is 2.54 bits per heavy atom. The average Bonchev–Trinajstić information content (AvgIpc) is 3.66. The number of amides is 3. The maximum absolute atomic E-state index is 13.2. The molecular weight excluding hydrogens is 536 g/mol. The van der Waals surface area contributed by atoms with E-state index in [1.54, 1.807) is 32.0 Å². The van der Waals surface area contributed by atoms with E-state index >= 15 is 0 Å². The highest BCUT2D eigenvalue weighted by Crippen LogP contribution is 2.25. The first-order valence-corrected chi connectivity index (χ1v) is 12.5. The summed E-state index contributed by atoms with van der Waals surface area (Å²) < 4.78 is 9.43. The van der Waals surface area contributed by atoms with Crippen molar-refractivity contribution in [2.75, 3.05) is 13.3 Å². The zero-order valence-corrected chi connectivity index (χ0v) is 22.7. The average molecular weight is 567 g/mol. The highest BCUT2D eigenvalue weighted by molar-refractivity contribution is 6.09. The molecule has 2 aromatic rings. The lowest BCUT2D eigenvalue weighted by molar-refractivity contribution is -0.146. The van der Waals surface area contributed by atoms with E-state index in [-0.39, 0.29) is 29.9 Å². The van der Waals surface area contributed by atoms with Crippen LogP contribution >= 0.6 is 0 Å². The van der Waals surface area contributed by atoms with Gasteiger partial charge in [-0.25, -0.2) is 29.3 Å². The van der Waals surface area contributed by atoms with Crippen LogP contribution in [0.15, 0.2) is 46.5 Å². The second-order valence-corrected chi connectivity index (χ2v) is 8.88. The highest BCUT2D eigenvalue weighted by atomic mass is 16.7. The number of nitrogens with two attached hydrogens (primary N) is 1. The predicted octanol–water partition coefficient (Wildman–Crippen LogP) is 2.33. The molecule has 216 valence electrons. The molecule has 14 heteroatoms. The Balaban J connectivity index is 1.80. The number of imide groups is 1. The van der Waals surface area contributed by atoms with Gasteiger partial charge in [-0.05, 0) is 56.9 Å². The Labute approximate surface area is 234 Å². The normalized spacial score (nSPS) is 13.3. The number of benzene rings is 1. The number of carbonyl (C=O) groups excluding carboxylic acids is 4. The van der Waals surface area contributed by atoms with Crippen molar-refractivity contribution >= 4 is 47.7 Å². The summed E-state index contributed by atoms with van der Waals surface area (Å²) in [7, 11) is 0. The van der Waals surface area contributed by atoms with Crippen molar-refractivity contribution in [2.45, 2.75) is 39.7 Å². The standard InChI is InChI=1S/C27H30N6O8/c1-4-33(27(39)41-14-40-22(36)10-9-21(34)35)26(38)19-12-29-23(16(19)3)24(30-13-28)32-20-11-17(6-5-15(20)2)25(37)31-18-7-8-18/h5-6,9-13,18,29H,4,7-8,14H2,1-3H3,(H,31,37)(H,34,35)(H2,28,30,32)/b10-9+. The lowest BCUT2D eigenvalue weighted by Crippen LogP contribution is -2.37. The molecule has 1 aliphatic rings. The van der Waals surface area contributed by atoms with Crippen LogP contribution in [0.2, 0.25) is 0 Å². The zero-order valence-electron chi connectivity index (χ0n) is 22.7. The van der Waals surface area contributed by atoms with Crippen molar-refractivity contribution < 1.29 is 38.6 Å². The molecule has 3 amide bonds. The quantitative estimate of drug-likeness (QED) is 0.109. The zero-order chi connectivity index (χ0) is 30.1. The summed E-state index contributed by atoms with van der Waals surface area (Å²) in [4.78, 5) is 72.6. The van der Waals surface area contributed by atoms with Crippen LogP contribution in [0.1, 0.15) is 57.3 Å². The van der Waals surface area contributed by atoms with Crippen LogP contribution in [0.3, 0.4) is 0 Å². The molecule has 0 unspecified atom stereocenters. The van der Waals surface area contributed by atoms with Gasteiger partial charge < -0.3 is 30.6 Å². The number of carboxylic acids is 1. The smallest absolute Gasteiger partial charge is 0.419 e. The third-order valence-corrected chi connectivity index (χ3v) is 5.93. The third kappa shape index (κ3) is 8.11. The number of nitrogens with one attached hydrogen (secondary N) is 2. The summed E-state index contributed by atoms with van der Waals surface area (Å²) >= 11 is 0. The van der Waals surface area contributed by atoms with Crippen LogP contribution in [0, 0.1) is 13.8 Å². The van der Waals surface area contributed by atoms with Gasteiger partial charge in [0, 0.05) is 36.5 Å². The fourth-order valence-corrected chi connectivity index (χ4v) is 3.56. The summed E-state index contributed by atoms with van der Waals surface area (Å²) in [6.45, 7) is 4.10. The Kier molecular flexibility index (Phi) is 10.1. The summed E-state index contributed by atoms with van der Waals surface area (Å²) in [6, 6.07) is 5.32. The number of carbonyl (C=O) groups is 5. The van der Waals surface area contributed by atoms with Crippen LogP contribution in [0.25, 0.3) is 0 Å². The SMILES string of the molecule is CCN(C(=O)OCOC(=O)/C=C/C(=O)O)C(=O)c1c[nH]c(C(N=CN)=Nc2cc(C(=O)NC3CC3)ccc2C)c1C. The van der Waals surface area contributed by atoms with E-state index in [0.29, 0.717) is 34.7 Å². The number of ether oxygens (including phenoxy) is 2. The number of hydrogen-bond donors (Lipinski definition) is 4. The summed E-state index contributed by atoms with van der Waals surface area (Å²) in [5.74, 6) is -3.17. The van der Waals surface area contributed by atoms with E-state index < -0.39 is 30.7 Å². The lowest BCUT2D eigenvalue weighted by Gasteiger charge is -2.18. The molecule has 0 radical (unpaired) electrons. The Hall–Kier alpha value is -5.27. The van der Waals surface area contributed by atoms with E-state index in [0.717, 1.165) is 29.6 Å². The number of nitrogens with zero attached hydrogens (tertiary/aromatic N) is 3. The maximum atomic E-state index is 13.2. The Morgan fingerprint density at radius 1 is 1.17 bits per heavy atom. The second kappa shape index (κ2) is 13.7. The molecule has 1 fully saturated rings. The van der Waals surface area contributed by atoms with Crippen molar-refractivity contribution in [3.63, 3.8) is 0 Å². The number of esters is 1. The van der Waals surface area contributed by atoms with Gasteiger partial charge in [0.2, 0.25) is 6.79 Å². The number of hydrogen-bond acceptors (Lipinski definition) is 8. The van der Waals surface area contributed by atoms with Crippen molar-refractivity contribution in [1.82, 2.24) is 15.2 Å². The van der Waals surface area contributed by atoms with Gasteiger partial charge in [-0.3, -0.25) is 9.59 Å². The molecule has 0 atom stereocenters. The number of aryl methyl sites for hydroxylation is 1. The number of amidine groups is 1. The summed E-state index contributed by atoms with van der Waals surface area (Å²) in [6.07, 6.45) is 4.47. The van der Waals surface area contributed by atoms with Gasteiger partial charge in [0.1, 0.15) is 0 Å². The van der Waals surface area contributed by atoms with Crippen LogP contribution in [0.5, 0.6) is 0 Å². The third-order valence-electron chi connectivity index (χ3n) is 5.93. The molecule has 0 saturated heterocycles. The molecule has 14 nitrogen and oxygen atoms in total. The van der Waals surface area contributed by atoms with Gasteiger partial charge in [0.25, 0.3) is 11.8 Å². The van der Waals surface area contributed by atoms with E-state index in [9.17, 15) is 24.0 Å². The molecule has 1 aliphatic carbocycles. The predicted molar refractivity (Wildman–Crippen MR) is 147 cm³/mol. The van der Waals surface area contributed by atoms with E-state index in [2.05, 4.69) is 25.0 Å². The molecule has 1 saturated carbocycles. The van der Waals surface area contributed by atoms with E-state index in [1.807, 2.05) is 6.92 Å². The number of aromatic amines is 1. The van der Waals surface area contributed by atoms with Gasteiger partial charge in [-0.1, -0.05) is 6.07 Å². The van der Waals surface area contributed by atoms with E-state index in [1.165, 1.54) is 6.20 Å². The van der Waals surface area contributed by atoms with Crippen molar-refractivity contribution in [3.05, 3.63) is 64.5 Å². The molecule has 3 rings (SSSR count). The van der Waals surface area contributed by atoms with Crippen LogP contribution in [-0.2, 0) is 19.1 Å². The largest absolute Gasteiger partial charge is 0.478 e. The summed E-state index contributed by atoms with van der Waals surface area (Å²) in [5, 5.41) is 11.5. The van der Waals surface area contributed by atoms with Crippen LogP contribution in [-0.4, -0.2) is 76.4 Å². The van der Waals surface area contributed by atoms with Gasteiger partial charge in [-0.15, -0.1) is 0 Å². The number of aliphatic imine (C=N–C) groups is 2. The lowest BCUT2D eigenvalue weighted by atomic mass is 10.1. The maximum Gasteiger partial charge on any atom is 0.419 e. The van der Waals surface area contributed by atoms with Gasteiger partial charge in [0.05, 0.1) is 23.3 Å². The molecule has 1 heterocycles.